The topological polar surface area (TPSA) is 28.2 Å². The van der Waals surface area contributed by atoms with Crippen molar-refractivity contribution in [2.75, 3.05) is 24.5 Å². The van der Waals surface area contributed by atoms with Crippen LogP contribution in [0.1, 0.15) is 65.5 Å². The largest absolute Gasteiger partial charge is 0.356 e. The summed E-state index contributed by atoms with van der Waals surface area (Å²) in [7, 11) is 0. The summed E-state index contributed by atoms with van der Waals surface area (Å²) in [6.07, 6.45) is 5.55. The van der Waals surface area contributed by atoms with E-state index in [0.717, 1.165) is 37.8 Å². The minimum atomic E-state index is 0.351. The van der Waals surface area contributed by atoms with E-state index in [-0.39, 0.29) is 0 Å². The molecule has 0 radical (unpaired) electrons. The average molecular weight is 291 g/mol. The molecule has 0 aliphatic heterocycles. The van der Waals surface area contributed by atoms with E-state index in [1.54, 1.807) is 0 Å². The lowest BCUT2D eigenvalue weighted by Crippen LogP contribution is -2.32. The van der Waals surface area contributed by atoms with Gasteiger partial charge in [-0.25, -0.2) is 4.98 Å². The van der Waals surface area contributed by atoms with Gasteiger partial charge in [0.15, 0.2) is 0 Å². The Morgan fingerprint density at radius 2 is 1.90 bits per heavy atom. The maximum absolute atomic E-state index is 4.69. The summed E-state index contributed by atoms with van der Waals surface area (Å²) >= 11 is 0. The van der Waals surface area contributed by atoms with Gasteiger partial charge in [0.25, 0.3) is 0 Å². The molecule has 0 bridgehead atoms. The standard InChI is InChI=1S/C18H33N3/c1-6-12-19-15(5)17-11-10-13-20-18(17)21(9-4)14-16(7-2)8-3/h10-11,13,15-16,19H,6-9,12,14H2,1-5H3. The minimum Gasteiger partial charge on any atom is -0.356 e. The van der Waals surface area contributed by atoms with Crippen LogP contribution in [-0.2, 0) is 0 Å². The quantitative estimate of drug-likeness (QED) is 0.692. The molecular weight excluding hydrogens is 258 g/mol. The van der Waals surface area contributed by atoms with Crippen LogP contribution in [0.25, 0.3) is 0 Å². The normalized spacial score (nSPS) is 12.7. The van der Waals surface area contributed by atoms with Gasteiger partial charge in [-0.1, -0.05) is 39.7 Å². The average Bonchev–Trinajstić information content (AvgIpc) is 2.54. The lowest BCUT2D eigenvalue weighted by molar-refractivity contribution is 0.482. The number of anilines is 1. The van der Waals surface area contributed by atoms with E-state index >= 15 is 0 Å². The number of nitrogens with zero attached hydrogens (tertiary/aromatic N) is 2. The number of hydrogen-bond donors (Lipinski definition) is 1. The molecule has 1 unspecified atom stereocenters. The van der Waals surface area contributed by atoms with Gasteiger partial charge in [0.2, 0.25) is 0 Å². The van der Waals surface area contributed by atoms with Crippen LogP contribution in [-0.4, -0.2) is 24.6 Å². The third kappa shape index (κ3) is 5.31. The fourth-order valence-corrected chi connectivity index (χ4v) is 2.71. The molecule has 1 aromatic rings. The van der Waals surface area contributed by atoms with E-state index in [1.807, 2.05) is 12.3 Å². The number of aromatic nitrogens is 1. The maximum Gasteiger partial charge on any atom is 0.133 e. The summed E-state index contributed by atoms with van der Waals surface area (Å²) < 4.78 is 0. The molecule has 1 atom stereocenters. The van der Waals surface area contributed by atoms with E-state index in [9.17, 15) is 0 Å². The molecule has 3 nitrogen and oxygen atoms in total. The Labute approximate surface area is 131 Å². The van der Waals surface area contributed by atoms with Gasteiger partial charge in [0.05, 0.1) is 0 Å². The van der Waals surface area contributed by atoms with Crippen molar-refractivity contribution < 1.29 is 0 Å². The molecule has 0 aliphatic carbocycles. The highest BCUT2D eigenvalue weighted by Gasteiger charge is 2.17. The second-order valence-corrected chi connectivity index (χ2v) is 5.81. The highest BCUT2D eigenvalue weighted by Crippen LogP contribution is 2.25. The fraction of sp³-hybridized carbons (Fsp3) is 0.722. The highest BCUT2D eigenvalue weighted by molar-refractivity contribution is 5.48. The van der Waals surface area contributed by atoms with Gasteiger partial charge in [-0.2, -0.15) is 0 Å². The predicted molar refractivity (Wildman–Crippen MR) is 92.9 cm³/mol. The summed E-state index contributed by atoms with van der Waals surface area (Å²) in [6.45, 7) is 14.4. The fourth-order valence-electron chi connectivity index (χ4n) is 2.71. The number of hydrogen-bond acceptors (Lipinski definition) is 3. The lowest BCUT2D eigenvalue weighted by Gasteiger charge is -2.29. The molecular formula is C18H33N3. The van der Waals surface area contributed by atoms with Gasteiger partial charge >= 0.3 is 0 Å². The minimum absolute atomic E-state index is 0.351. The first kappa shape index (κ1) is 18.0. The Bertz CT molecular complexity index is 388. The predicted octanol–water partition coefficient (Wildman–Crippen LogP) is 4.40. The van der Waals surface area contributed by atoms with E-state index in [2.05, 4.69) is 55.9 Å². The SMILES string of the molecule is CCCNC(C)c1cccnc1N(CC)CC(CC)CC. The van der Waals surface area contributed by atoms with Gasteiger partial charge in [-0.15, -0.1) is 0 Å². The first-order valence-electron chi connectivity index (χ1n) is 8.60. The van der Waals surface area contributed by atoms with Crippen molar-refractivity contribution in [2.24, 2.45) is 5.92 Å². The van der Waals surface area contributed by atoms with Gasteiger partial charge in [-0.3, -0.25) is 0 Å². The Kier molecular flexibility index (Phi) is 8.36. The summed E-state index contributed by atoms with van der Waals surface area (Å²) in [5, 5.41) is 3.58. The van der Waals surface area contributed by atoms with Crippen molar-refractivity contribution in [1.82, 2.24) is 10.3 Å². The smallest absolute Gasteiger partial charge is 0.133 e. The Hall–Kier alpha value is -1.09. The molecule has 1 heterocycles. The van der Waals surface area contributed by atoms with Gasteiger partial charge in [0, 0.05) is 30.9 Å². The van der Waals surface area contributed by atoms with Crippen molar-refractivity contribution in [2.45, 2.75) is 59.9 Å². The van der Waals surface area contributed by atoms with Crippen LogP contribution in [0.2, 0.25) is 0 Å². The van der Waals surface area contributed by atoms with Gasteiger partial charge < -0.3 is 10.2 Å². The number of rotatable bonds is 10. The third-order valence-corrected chi connectivity index (χ3v) is 4.30. The third-order valence-electron chi connectivity index (χ3n) is 4.30. The zero-order valence-corrected chi connectivity index (χ0v) is 14.5. The molecule has 0 spiro atoms. The first-order valence-corrected chi connectivity index (χ1v) is 8.60. The van der Waals surface area contributed by atoms with Crippen molar-refractivity contribution in [3.05, 3.63) is 23.9 Å². The van der Waals surface area contributed by atoms with Crippen LogP contribution in [0.4, 0.5) is 5.82 Å². The molecule has 0 saturated carbocycles. The zero-order valence-electron chi connectivity index (χ0n) is 14.5. The van der Waals surface area contributed by atoms with Crippen LogP contribution < -0.4 is 10.2 Å². The van der Waals surface area contributed by atoms with Crippen molar-refractivity contribution >= 4 is 5.82 Å². The molecule has 0 amide bonds. The molecule has 1 rings (SSSR count). The zero-order chi connectivity index (χ0) is 15.7. The summed E-state index contributed by atoms with van der Waals surface area (Å²) in [6, 6.07) is 4.61. The highest BCUT2D eigenvalue weighted by atomic mass is 15.2. The molecule has 1 N–H and O–H groups in total. The van der Waals surface area contributed by atoms with Crippen LogP contribution in [0.15, 0.2) is 18.3 Å². The van der Waals surface area contributed by atoms with Gasteiger partial charge in [-0.05, 0) is 38.8 Å². The molecule has 120 valence electrons. The van der Waals surface area contributed by atoms with E-state index in [1.165, 1.54) is 18.4 Å². The second-order valence-electron chi connectivity index (χ2n) is 5.81. The molecule has 0 aliphatic rings. The lowest BCUT2D eigenvalue weighted by atomic mass is 10.0. The number of nitrogens with one attached hydrogen (secondary N) is 1. The van der Waals surface area contributed by atoms with Crippen molar-refractivity contribution in [3.63, 3.8) is 0 Å². The monoisotopic (exact) mass is 291 g/mol. The molecule has 0 fully saturated rings. The number of pyridine rings is 1. The van der Waals surface area contributed by atoms with E-state index in [0.29, 0.717) is 6.04 Å². The van der Waals surface area contributed by atoms with E-state index < -0.39 is 0 Å². The maximum atomic E-state index is 4.69. The summed E-state index contributed by atoms with van der Waals surface area (Å²) in [4.78, 5) is 7.13. The molecule has 0 aromatic carbocycles. The molecule has 0 saturated heterocycles. The van der Waals surface area contributed by atoms with Crippen LogP contribution in [0, 0.1) is 5.92 Å². The molecule has 3 heteroatoms. The summed E-state index contributed by atoms with van der Waals surface area (Å²) in [5.41, 5.74) is 1.32. The summed E-state index contributed by atoms with van der Waals surface area (Å²) in [5.74, 6) is 1.90. The van der Waals surface area contributed by atoms with Crippen LogP contribution in [0.5, 0.6) is 0 Å². The Morgan fingerprint density at radius 3 is 2.48 bits per heavy atom. The van der Waals surface area contributed by atoms with Crippen LogP contribution in [0.3, 0.4) is 0 Å². The Balaban J connectivity index is 2.93. The van der Waals surface area contributed by atoms with Crippen molar-refractivity contribution in [3.8, 4) is 0 Å². The first-order chi connectivity index (χ1) is 10.2. The molecule has 1 aromatic heterocycles. The van der Waals surface area contributed by atoms with Crippen LogP contribution >= 0.6 is 0 Å². The van der Waals surface area contributed by atoms with Crippen molar-refractivity contribution in [1.29, 1.82) is 0 Å². The van der Waals surface area contributed by atoms with Gasteiger partial charge in [0.1, 0.15) is 5.82 Å². The van der Waals surface area contributed by atoms with E-state index in [4.69, 9.17) is 0 Å². The Morgan fingerprint density at radius 1 is 1.19 bits per heavy atom. The second kappa shape index (κ2) is 9.78. The molecule has 21 heavy (non-hydrogen) atoms.